The van der Waals surface area contributed by atoms with E-state index in [0.29, 0.717) is 18.0 Å². The lowest BCUT2D eigenvalue weighted by atomic mass is 10.0. The van der Waals surface area contributed by atoms with Gasteiger partial charge in [-0.1, -0.05) is 33.6 Å². The van der Waals surface area contributed by atoms with E-state index in [0.717, 1.165) is 29.3 Å². The van der Waals surface area contributed by atoms with Gasteiger partial charge in [0, 0.05) is 34.0 Å². The molecule has 26 heavy (non-hydrogen) atoms. The first-order chi connectivity index (χ1) is 12.5. The Morgan fingerprint density at radius 1 is 1.08 bits per heavy atom. The minimum atomic E-state index is -3.52. The van der Waals surface area contributed by atoms with Crippen molar-refractivity contribution in [3.05, 3.63) is 64.8 Å². The van der Waals surface area contributed by atoms with Crippen LogP contribution >= 0.6 is 27.5 Å². The summed E-state index contributed by atoms with van der Waals surface area (Å²) in [6.45, 7) is 0.345. The van der Waals surface area contributed by atoms with Gasteiger partial charge in [0.1, 0.15) is 0 Å². The topological polar surface area (TPSA) is 62.0 Å². The second-order valence-corrected chi connectivity index (χ2v) is 9.08. The fourth-order valence-electron chi connectivity index (χ4n) is 2.87. The van der Waals surface area contributed by atoms with Gasteiger partial charge in [-0.3, -0.25) is 0 Å². The highest BCUT2D eigenvalue weighted by Gasteiger charge is 2.13. The summed E-state index contributed by atoms with van der Waals surface area (Å²) in [5, 5.41) is 2.70. The molecular weight excluding hydrogens is 436 g/mol. The molecule has 0 atom stereocenters. The van der Waals surface area contributed by atoms with E-state index < -0.39 is 10.0 Å². The number of nitrogens with one attached hydrogen (secondary N) is 2. The Labute approximate surface area is 167 Å². The van der Waals surface area contributed by atoms with Gasteiger partial charge >= 0.3 is 0 Å². The average Bonchev–Trinajstić information content (AvgIpc) is 3.02. The highest BCUT2D eigenvalue weighted by Crippen LogP contribution is 2.22. The van der Waals surface area contributed by atoms with Crippen LogP contribution in [0.15, 0.2) is 53.6 Å². The Morgan fingerprint density at radius 2 is 1.85 bits per heavy atom. The average molecular weight is 456 g/mol. The van der Waals surface area contributed by atoms with Gasteiger partial charge in [-0.05, 0) is 66.8 Å². The number of alkyl halides is 1. The molecule has 0 fully saturated rings. The van der Waals surface area contributed by atoms with E-state index in [9.17, 15) is 8.42 Å². The molecule has 3 rings (SSSR count). The monoisotopic (exact) mass is 454 g/mol. The van der Waals surface area contributed by atoms with E-state index in [-0.39, 0.29) is 4.90 Å². The second-order valence-electron chi connectivity index (χ2n) is 6.09. The van der Waals surface area contributed by atoms with Gasteiger partial charge in [-0.25, -0.2) is 13.1 Å². The standard InChI is InChI=1S/C19H20BrClN2O2S/c20-10-1-2-15-13-22-19-8-3-14(12-18(15)19)9-11-23-26(24,25)17-6-4-16(21)5-7-17/h3-8,12-13,22-23H,1-2,9-11H2. The molecule has 4 nitrogen and oxygen atoms in total. The number of aryl methyl sites for hydroxylation is 1. The molecule has 3 aromatic rings. The summed E-state index contributed by atoms with van der Waals surface area (Å²) in [6.07, 6.45) is 4.78. The number of rotatable bonds is 8. The molecule has 0 aliphatic carbocycles. The quantitative estimate of drug-likeness (QED) is 0.485. The van der Waals surface area contributed by atoms with Gasteiger partial charge in [0.2, 0.25) is 10.0 Å². The predicted octanol–water partition coefficient (Wildman–Crippen LogP) is 4.67. The van der Waals surface area contributed by atoms with Gasteiger partial charge in [-0.15, -0.1) is 0 Å². The Hall–Kier alpha value is -1.34. The summed E-state index contributed by atoms with van der Waals surface area (Å²) >= 11 is 9.28. The first kappa shape index (κ1) is 19.4. The second kappa shape index (κ2) is 8.57. The van der Waals surface area contributed by atoms with Gasteiger partial charge in [0.15, 0.2) is 0 Å². The molecule has 0 unspecified atom stereocenters. The number of halogens is 2. The maximum absolute atomic E-state index is 12.3. The molecule has 0 bridgehead atoms. The molecular formula is C19H20BrClN2O2S. The zero-order valence-corrected chi connectivity index (χ0v) is 17.3. The molecule has 2 aromatic carbocycles. The molecule has 7 heteroatoms. The summed E-state index contributed by atoms with van der Waals surface area (Å²) < 4.78 is 27.3. The number of sulfonamides is 1. The number of hydrogen-bond acceptors (Lipinski definition) is 2. The van der Waals surface area contributed by atoms with Crippen molar-refractivity contribution in [3.63, 3.8) is 0 Å². The van der Waals surface area contributed by atoms with Crippen molar-refractivity contribution < 1.29 is 8.42 Å². The van der Waals surface area contributed by atoms with Crippen LogP contribution < -0.4 is 4.72 Å². The van der Waals surface area contributed by atoms with Crippen LogP contribution in [0.1, 0.15) is 17.5 Å². The summed E-state index contributed by atoms with van der Waals surface area (Å²) in [4.78, 5) is 3.52. The Kier molecular flexibility index (Phi) is 6.40. The summed E-state index contributed by atoms with van der Waals surface area (Å²) in [5.41, 5.74) is 3.51. The maximum Gasteiger partial charge on any atom is 0.240 e. The van der Waals surface area contributed by atoms with E-state index >= 15 is 0 Å². The molecule has 0 saturated carbocycles. The van der Waals surface area contributed by atoms with Crippen LogP contribution in [-0.4, -0.2) is 25.3 Å². The first-order valence-corrected chi connectivity index (χ1v) is 11.4. The van der Waals surface area contributed by atoms with Gasteiger partial charge in [0.05, 0.1) is 4.90 Å². The molecule has 0 spiro atoms. The van der Waals surface area contributed by atoms with Crippen LogP contribution in [0.4, 0.5) is 0 Å². The SMILES string of the molecule is O=S(=O)(NCCc1ccc2[nH]cc(CCCBr)c2c1)c1ccc(Cl)cc1. The fourth-order valence-corrected chi connectivity index (χ4v) is 4.31. The fraction of sp³-hybridized carbons (Fsp3) is 0.263. The van der Waals surface area contributed by atoms with Crippen LogP contribution in [0.5, 0.6) is 0 Å². The molecule has 0 saturated heterocycles. The highest BCUT2D eigenvalue weighted by atomic mass is 79.9. The molecule has 1 aromatic heterocycles. The summed E-state index contributed by atoms with van der Waals surface area (Å²) in [6, 6.07) is 12.4. The van der Waals surface area contributed by atoms with E-state index in [1.165, 1.54) is 23.1 Å². The third kappa shape index (κ3) is 4.68. The van der Waals surface area contributed by atoms with Crippen molar-refractivity contribution in [1.82, 2.24) is 9.71 Å². The van der Waals surface area contributed by atoms with Crippen molar-refractivity contribution in [2.75, 3.05) is 11.9 Å². The molecule has 0 aliphatic rings. The zero-order chi connectivity index (χ0) is 18.6. The zero-order valence-electron chi connectivity index (χ0n) is 14.1. The molecule has 0 aliphatic heterocycles. The summed E-state index contributed by atoms with van der Waals surface area (Å²) in [7, 11) is -3.52. The molecule has 2 N–H and O–H groups in total. The van der Waals surface area contributed by atoms with Crippen LogP contribution in [0.2, 0.25) is 5.02 Å². The third-order valence-electron chi connectivity index (χ3n) is 4.24. The van der Waals surface area contributed by atoms with Crippen molar-refractivity contribution in [3.8, 4) is 0 Å². The molecule has 1 heterocycles. The smallest absolute Gasteiger partial charge is 0.240 e. The van der Waals surface area contributed by atoms with E-state index in [4.69, 9.17) is 11.6 Å². The number of H-pyrrole nitrogens is 1. The normalized spacial score (nSPS) is 11.9. The van der Waals surface area contributed by atoms with E-state index in [2.05, 4.69) is 44.0 Å². The minimum absolute atomic E-state index is 0.222. The lowest BCUT2D eigenvalue weighted by molar-refractivity contribution is 0.581. The highest BCUT2D eigenvalue weighted by molar-refractivity contribution is 9.09. The van der Waals surface area contributed by atoms with Crippen molar-refractivity contribution in [2.45, 2.75) is 24.2 Å². The third-order valence-corrected chi connectivity index (χ3v) is 6.53. The number of aromatic amines is 1. The lowest BCUT2D eigenvalue weighted by Gasteiger charge is -2.07. The van der Waals surface area contributed by atoms with E-state index in [1.807, 2.05) is 6.07 Å². The first-order valence-electron chi connectivity index (χ1n) is 8.40. The lowest BCUT2D eigenvalue weighted by Crippen LogP contribution is -2.25. The number of benzene rings is 2. The summed E-state index contributed by atoms with van der Waals surface area (Å²) in [5.74, 6) is 0. The molecule has 0 amide bonds. The van der Waals surface area contributed by atoms with Gasteiger partial charge < -0.3 is 4.98 Å². The number of hydrogen-bond donors (Lipinski definition) is 2. The van der Waals surface area contributed by atoms with Crippen LogP contribution in [0.25, 0.3) is 10.9 Å². The Balaban J connectivity index is 1.66. The molecule has 138 valence electrons. The van der Waals surface area contributed by atoms with Crippen LogP contribution in [0, 0.1) is 0 Å². The number of aromatic nitrogens is 1. The minimum Gasteiger partial charge on any atom is -0.361 e. The van der Waals surface area contributed by atoms with Crippen molar-refractivity contribution >= 4 is 48.5 Å². The predicted molar refractivity (Wildman–Crippen MR) is 111 cm³/mol. The van der Waals surface area contributed by atoms with Gasteiger partial charge in [0.25, 0.3) is 0 Å². The van der Waals surface area contributed by atoms with Crippen LogP contribution in [-0.2, 0) is 22.9 Å². The van der Waals surface area contributed by atoms with Crippen LogP contribution in [0.3, 0.4) is 0 Å². The Morgan fingerprint density at radius 3 is 2.58 bits per heavy atom. The van der Waals surface area contributed by atoms with Gasteiger partial charge in [-0.2, -0.15) is 0 Å². The number of fused-ring (bicyclic) bond motifs is 1. The Bertz CT molecular complexity index is 984. The molecule has 0 radical (unpaired) electrons. The van der Waals surface area contributed by atoms with E-state index in [1.54, 1.807) is 12.1 Å². The maximum atomic E-state index is 12.3. The van der Waals surface area contributed by atoms with Crippen molar-refractivity contribution in [1.29, 1.82) is 0 Å². The largest absolute Gasteiger partial charge is 0.361 e. The van der Waals surface area contributed by atoms with Crippen molar-refractivity contribution in [2.24, 2.45) is 0 Å².